The zero-order chi connectivity index (χ0) is 11.4. The van der Waals surface area contributed by atoms with E-state index >= 15 is 0 Å². The van der Waals surface area contributed by atoms with Gasteiger partial charge in [-0.2, -0.15) is 0 Å². The van der Waals surface area contributed by atoms with Gasteiger partial charge in [0.25, 0.3) is 0 Å². The van der Waals surface area contributed by atoms with Gasteiger partial charge in [0, 0.05) is 12.0 Å². The fourth-order valence-electron chi connectivity index (χ4n) is 1.39. The molecule has 0 bridgehead atoms. The average Bonchev–Trinajstić information content (AvgIpc) is 2.16. The zero-order valence-corrected chi connectivity index (χ0v) is 11.3. The smallest absolute Gasteiger partial charge is 0.125 e. The third-order valence-corrected chi connectivity index (χ3v) is 2.80. The number of benzene rings is 1. The van der Waals surface area contributed by atoms with Gasteiger partial charge in [-0.15, -0.1) is 12.4 Å². The summed E-state index contributed by atoms with van der Waals surface area (Å²) in [7, 11) is 0. The lowest BCUT2D eigenvalue weighted by molar-refractivity contribution is 0.240. The first-order valence-corrected chi connectivity index (χ1v) is 5.47. The van der Waals surface area contributed by atoms with E-state index in [1.807, 2.05) is 13.0 Å². The molecule has 1 aromatic rings. The summed E-state index contributed by atoms with van der Waals surface area (Å²) in [6, 6.07) is 6.36. The Bertz CT molecular complexity index is 305. The minimum Gasteiger partial charge on any atom is -0.493 e. The van der Waals surface area contributed by atoms with Gasteiger partial charge in [0.2, 0.25) is 0 Å². The number of hydrogen-bond donors (Lipinski definition) is 1. The van der Waals surface area contributed by atoms with Crippen molar-refractivity contribution in [3.05, 3.63) is 29.3 Å². The first-order valence-electron chi connectivity index (χ1n) is 5.47. The maximum Gasteiger partial charge on any atom is 0.125 e. The van der Waals surface area contributed by atoms with Crippen LogP contribution in [0.2, 0.25) is 0 Å². The van der Waals surface area contributed by atoms with Crippen molar-refractivity contribution in [3.63, 3.8) is 0 Å². The largest absolute Gasteiger partial charge is 0.493 e. The molecule has 0 spiro atoms. The second-order valence-corrected chi connectivity index (χ2v) is 4.37. The minimum absolute atomic E-state index is 0. The summed E-state index contributed by atoms with van der Waals surface area (Å²) >= 11 is 0. The fraction of sp³-hybridized carbons (Fsp3) is 0.538. The molecule has 1 unspecified atom stereocenters. The molecule has 0 aliphatic rings. The van der Waals surface area contributed by atoms with Crippen LogP contribution in [0.1, 0.15) is 25.0 Å². The summed E-state index contributed by atoms with van der Waals surface area (Å²) < 4.78 is 5.81. The van der Waals surface area contributed by atoms with Crippen LogP contribution in [-0.2, 0) is 0 Å². The molecule has 0 aliphatic heterocycles. The molecule has 0 saturated heterocycles. The third-order valence-electron chi connectivity index (χ3n) is 2.80. The Morgan fingerprint density at radius 1 is 1.19 bits per heavy atom. The van der Waals surface area contributed by atoms with Crippen molar-refractivity contribution in [2.24, 2.45) is 11.7 Å². The molecular weight excluding hydrogens is 222 g/mol. The Morgan fingerprint density at radius 2 is 1.69 bits per heavy atom. The molecule has 16 heavy (non-hydrogen) atoms. The lowest BCUT2D eigenvalue weighted by Gasteiger charge is -2.18. The standard InChI is InChI=1S/C13H21NO.ClH/c1-9-6-5-7-10(2)13(9)15-8-11(3)12(4)14;/h5-7,11-12H,8,14H2,1-4H3;1H/t11?,12-;/m1./s1. The van der Waals surface area contributed by atoms with E-state index in [4.69, 9.17) is 10.5 Å². The highest BCUT2D eigenvalue weighted by molar-refractivity contribution is 5.85. The average molecular weight is 244 g/mol. The van der Waals surface area contributed by atoms with Gasteiger partial charge in [-0.05, 0) is 31.9 Å². The highest BCUT2D eigenvalue weighted by Crippen LogP contribution is 2.22. The SMILES string of the molecule is Cc1cccc(C)c1OCC(C)[C@@H](C)N.Cl. The van der Waals surface area contributed by atoms with Gasteiger partial charge in [-0.25, -0.2) is 0 Å². The van der Waals surface area contributed by atoms with E-state index in [-0.39, 0.29) is 18.4 Å². The van der Waals surface area contributed by atoms with Crippen LogP contribution in [0.15, 0.2) is 18.2 Å². The Morgan fingerprint density at radius 3 is 2.12 bits per heavy atom. The summed E-state index contributed by atoms with van der Waals surface area (Å²) in [5, 5.41) is 0. The molecule has 0 fully saturated rings. The third kappa shape index (κ3) is 4.03. The van der Waals surface area contributed by atoms with Crippen molar-refractivity contribution >= 4 is 12.4 Å². The molecular formula is C13H22ClNO. The van der Waals surface area contributed by atoms with Crippen molar-refractivity contribution in [2.45, 2.75) is 33.7 Å². The minimum atomic E-state index is 0. The number of halogens is 1. The molecule has 0 aliphatic carbocycles. The van der Waals surface area contributed by atoms with Gasteiger partial charge in [0.1, 0.15) is 5.75 Å². The molecule has 1 aromatic carbocycles. The van der Waals surface area contributed by atoms with E-state index in [1.54, 1.807) is 0 Å². The molecule has 0 aromatic heterocycles. The monoisotopic (exact) mass is 243 g/mol. The molecule has 0 amide bonds. The predicted molar refractivity (Wildman–Crippen MR) is 71.5 cm³/mol. The molecule has 1 rings (SSSR count). The van der Waals surface area contributed by atoms with Crippen LogP contribution in [0.3, 0.4) is 0 Å². The maximum absolute atomic E-state index is 5.81. The lowest BCUT2D eigenvalue weighted by Crippen LogP contribution is -2.29. The second-order valence-electron chi connectivity index (χ2n) is 4.37. The first kappa shape index (κ1) is 15.3. The van der Waals surface area contributed by atoms with Gasteiger partial charge >= 0.3 is 0 Å². The van der Waals surface area contributed by atoms with Gasteiger partial charge in [0.15, 0.2) is 0 Å². The van der Waals surface area contributed by atoms with Crippen molar-refractivity contribution in [1.82, 2.24) is 0 Å². The number of hydrogen-bond acceptors (Lipinski definition) is 2. The normalized spacial score (nSPS) is 13.8. The quantitative estimate of drug-likeness (QED) is 0.882. The van der Waals surface area contributed by atoms with Crippen LogP contribution in [0.25, 0.3) is 0 Å². The van der Waals surface area contributed by atoms with E-state index < -0.39 is 0 Å². The molecule has 92 valence electrons. The van der Waals surface area contributed by atoms with Crippen molar-refractivity contribution < 1.29 is 4.74 Å². The highest BCUT2D eigenvalue weighted by atomic mass is 35.5. The summed E-state index contributed by atoms with van der Waals surface area (Å²) in [5.41, 5.74) is 8.17. The number of para-hydroxylation sites is 1. The van der Waals surface area contributed by atoms with E-state index in [9.17, 15) is 0 Å². The van der Waals surface area contributed by atoms with Crippen LogP contribution in [0, 0.1) is 19.8 Å². The lowest BCUT2D eigenvalue weighted by atomic mass is 10.1. The van der Waals surface area contributed by atoms with Crippen molar-refractivity contribution in [1.29, 1.82) is 0 Å². The van der Waals surface area contributed by atoms with Crippen LogP contribution >= 0.6 is 12.4 Å². The second kappa shape index (κ2) is 6.77. The molecule has 3 heteroatoms. The Hall–Kier alpha value is -0.730. The van der Waals surface area contributed by atoms with Gasteiger partial charge in [-0.1, -0.05) is 25.1 Å². The maximum atomic E-state index is 5.81. The van der Waals surface area contributed by atoms with E-state index in [0.717, 1.165) is 5.75 Å². The summed E-state index contributed by atoms with van der Waals surface area (Å²) in [5.74, 6) is 1.38. The molecule has 0 saturated carbocycles. The summed E-state index contributed by atoms with van der Waals surface area (Å²) in [4.78, 5) is 0. The molecule has 2 nitrogen and oxygen atoms in total. The van der Waals surface area contributed by atoms with Crippen LogP contribution in [0.4, 0.5) is 0 Å². The van der Waals surface area contributed by atoms with Crippen LogP contribution < -0.4 is 10.5 Å². The van der Waals surface area contributed by atoms with E-state index in [0.29, 0.717) is 12.5 Å². The van der Waals surface area contributed by atoms with Gasteiger partial charge < -0.3 is 10.5 Å². The van der Waals surface area contributed by atoms with E-state index in [1.165, 1.54) is 11.1 Å². The zero-order valence-electron chi connectivity index (χ0n) is 10.5. The van der Waals surface area contributed by atoms with E-state index in [2.05, 4.69) is 32.9 Å². The van der Waals surface area contributed by atoms with Crippen LogP contribution in [-0.4, -0.2) is 12.6 Å². The molecule has 0 heterocycles. The van der Waals surface area contributed by atoms with Crippen LogP contribution in [0.5, 0.6) is 5.75 Å². The topological polar surface area (TPSA) is 35.2 Å². The highest BCUT2D eigenvalue weighted by Gasteiger charge is 2.10. The Kier molecular flexibility index (Phi) is 6.46. The molecule has 2 N–H and O–H groups in total. The number of ether oxygens (including phenoxy) is 1. The fourth-order valence-corrected chi connectivity index (χ4v) is 1.39. The Labute approximate surface area is 105 Å². The number of rotatable bonds is 4. The summed E-state index contributed by atoms with van der Waals surface area (Å²) in [6.07, 6.45) is 0. The number of aryl methyl sites for hydroxylation is 2. The molecule has 2 atom stereocenters. The first-order chi connectivity index (χ1) is 7.02. The molecule has 0 radical (unpaired) electrons. The van der Waals surface area contributed by atoms with Gasteiger partial charge in [-0.3, -0.25) is 0 Å². The van der Waals surface area contributed by atoms with Crippen molar-refractivity contribution in [2.75, 3.05) is 6.61 Å². The van der Waals surface area contributed by atoms with Gasteiger partial charge in [0.05, 0.1) is 6.61 Å². The Balaban J connectivity index is 0.00000225. The summed E-state index contributed by atoms with van der Waals surface area (Å²) in [6.45, 7) is 8.94. The predicted octanol–water partition coefficient (Wildman–Crippen LogP) is 3.09. The number of nitrogens with two attached hydrogens (primary N) is 1. The van der Waals surface area contributed by atoms with Crippen molar-refractivity contribution in [3.8, 4) is 5.75 Å².